The van der Waals surface area contributed by atoms with Gasteiger partial charge in [0.05, 0.1) is 18.0 Å². The highest BCUT2D eigenvalue weighted by atomic mass is 32.2. The molecule has 0 atom stereocenters. The van der Waals surface area contributed by atoms with Crippen LogP contribution in [-0.2, 0) is 4.79 Å². The lowest BCUT2D eigenvalue weighted by Crippen LogP contribution is -2.23. The number of aromatic amines is 1. The molecule has 0 saturated heterocycles. The Hall–Kier alpha value is -4.44. The van der Waals surface area contributed by atoms with Crippen LogP contribution in [0.3, 0.4) is 0 Å². The molecular formula is C28H24N4O5S. The maximum absolute atomic E-state index is 13.7. The molecule has 9 nitrogen and oxygen atoms in total. The Labute approximate surface area is 221 Å². The second-order valence-electron chi connectivity index (χ2n) is 8.55. The van der Waals surface area contributed by atoms with Crippen molar-refractivity contribution < 1.29 is 19.0 Å². The van der Waals surface area contributed by atoms with Gasteiger partial charge in [-0.2, -0.15) is 0 Å². The van der Waals surface area contributed by atoms with Crippen LogP contribution in [0.15, 0.2) is 76.7 Å². The number of fused-ring (bicyclic) bond motifs is 4. The average molecular weight is 529 g/mol. The van der Waals surface area contributed by atoms with E-state index in [0.29, 0.717) is 64.6 Å². The summed E-state index contributed by atoms with van der Waals surface area (Å²) >= 11 is 1.19. The molecule has 3 heterocycles. The predicted octanol–water partition coefficient (Wildman–Crippen LogP) is 4.77. The third-order valence-corrected chi connectivity index (χ3v) is 7.00. The molecule has 10 heteroatoms. The minimum atomic E-state index is -0.245. The molecule has 0 radical (unpaired) electrons. The van der Waals surface area contributed by atoms with Gasteiger partial charge in [-0.3, -0.25) is 14.2 Å². The number of amides is 1. The molecule has 38 heavy (non-hydrogen) atoms. The van der Waals surface area contributed by atoms with Crippen LogP contribution in [0, 0.1) is 0 Å². The average Bonchev–Trinajstić information content (AvgIpc) is 3.32. The minimum Gasteiger partial charge on any atom is -0.494 e. The van der Waals surface area contributed by atoms with Crippen LogP contribution < -0.4 is 25.1 Å². The molecule has 0 saturated carbocycles. The van der Waals surface area contributed by atoms with Gasteiger partial charge in [0.1, 0.15) is 30.0 Å². The molecule has 0 spiro atoms. The van der Waals surface area contributed by atoms with Crippen LogP contribution in [0.1, 0.15) is 6.92 Å². The van der Waals surface area contributed by atoms with Crippen LogP contribution in [-0.4, -0.2) is 46.0 Å². The smallest absolute Gasteiger partial charge is 0.283 e. The molecule has 2 N–H and O–H groups in total. The Kier molecular flexibility index (Phi) is 6.38. The summed E-state index contributed by atoms with van der Waals surface area (Å²) in [5.41, 5.74) is 2.78. The number of hydrogen-bond donors (Lipinski definition) is 2. The van der Waals surface area contributed by atoms with Gasteiger partial charge in [0.15, 0.2) is 16.7 Å². The summed E-state index contributed by atoms with van der Waals surface area (Å²) in [6.45, 7) is 3.42. The van der Waals surface area contributed by atoms with Gasteiger partial charge in [-0.15, -0.1) is 0 Å². The first-order chi connectivity index (χ1) is 18.6. The van der Waals surface area contributed by atoms with E-state index in [-0.39, 0.29) is 17.2 Å². The molecule has 1 amide bonds. The summed E-state index contributed by atoms with van der Waals surface area (Å²) in [6.07, 6.45) is 0. The minimum absolute atomic E-state index is 0.0474. The third-order valence-electron chi connectivity index (χ3n) is 6.06. The topological polar surface area (TPSA) is 107 Å². The lowest BCUT2D eigenvalue weighted by molar-refractivity contribution is -0.113. The number of rotatable bonds is 7. The standard InChI is InChI=1S/C28H24N4O5S/c1-2-35-19-10-8-18(9-11-19)32-27(34)26-25(20-5-3-4-6-21(20)30-26)31-28(32)38-16-24(33)29-17-7-12-22-23(15-17)37-14-13-36-22/h3-12,15,30H,2,13-14,16H2,1H3,(H,29,33). The number of nitrogens with zero attached hydrogens (tertiary/aromatic N) is 2. The number of hydrogen-bond acceptors (Lipinski definition) is 7. The molecule has 0 unspecified atom stereocenters. The SMILES string of the molecule is CCOc1ccc(-n2c(SCC(=O)Nc3ccc4c(c3)OCCO4)nc3c([nH]c4ccccc43)c2=O)cc1. The van der Waals surface area contributed by atoms with E-state index in [4.69, 9.17) is 19.2 Å². The van der Waals surface area contributed by atoms with E-state index in [1.807, 2.05) is 55.5 Å². The van der Waals surface area contributed by atoms with Crippen molar-refractivity contribution in [3.63, 3.8) is 0 Å². The summed E-state index contributed by atoms with van der Waals surface area (Å²) in [5.74, 6) is 1.76. The van der Waals surface area contributed by atoms with Gasteiger partial charge in [-0.25, -0.2) is 4.98 Å². The van der Waals surface area contributed by atoms with Crippen LogP contribution in [0.2, 0.25) is 0 Å². The van der Waals surface area contributed by atoms with Crippen molar-refractivity contribution in [3.05, 3.63) is 77.1 Å². The van der Waals surface area contributed by atoms with Gasteiger partial charge in [0.2, 0.25) is 5.91 Å². The number of para-hydroxylation sites is 1. The first-order valence-corrected chi connectivity index (χ1v) is 13.2. The highest BCUT2D eigenvalue weighted by molar-refractivity contribution is 7.99. The Morgan fingerprint density at radius 2 is 1.87 bits per heavy atom. The number of nitrogens with one attached hydrogen (secondary N) is 2. The normalized spacial score (nSPS) is 12.6. The van der Waals surface area contributed by atoms with Crippen LogP contribution in [0.4, 0.5) is 5.69 Å². The molecule has 6 rings (SSSR count). The van der Waals surface area contributed by atoms with Crippen molar-refractivity contribution in [2.24, 2.45) is 0 Å². The van der Waals surface area contributed by atoms with Gasteiger partial charge in [-0.1, -0.05) is 30.0 Å². The van der Waals surface area contributed by atoms with E-state index in [1.165, 1.54) is 16.3 Å². The number of anilines is 1. The van der Waals surface area contributed by atoms with Crippen molar-refractivity contribution in [1.82, 2.24) is 14.5 Å². The van der Waals surface area contributed by atoms with Crippen molar-refractivity contribution >= 4 is 45.3 Å². The molecule has 5 aromatic rings. The number of H-pyrrole nitrogens is 1. The first-order valence-electron chi connectivity index (χ1n) is 12.2. The fourth-order valence-electron chi connectivity index (χ4n) is 4.37. The van der Waals surface area contributed by atoms with Crippen LogP contribution in [0.25, 0.3) is 27.6 Å². The molecular weight excluding hydrogens is 504 g/mol. The zero-order valence-corrected chi connectivity index (χ0v) is 21.3. The second kappa shape index (κ2) is 10.1. The zero-order valence-electron chi connectivity index (χ0n) is 20.5. The van der Waals surface area contributed by atoms with E-state index < -0.39 is 0 Å². The van der Waals surface area contributed by atoms with Crippen molar-refractivity contribution in [2.45, 2.75) is 12.1 Å². The molecule has 0 fully saturated rings. The van der Waals surface area contributed by atoms with Gasteiger partial charge in [0.25, 0.3) is 5.56 Å². The number of carbonyl (C=O) groups excluding carboxylic acids is 1. The van der Waals surface area contributed by atoms with Crippen molar-refractivity contribution in [2.75, 3.05) is 30.9 Å². The maximum Gasteiger partial charge on any atom is 0.283 e. The van der Waals surface area contributed by atoms with E-state index in [1.54, 1.807) is 18.2 Å². The molecule has 0 bridgehead atoms. The molecule has 2 aromatic heterocycles. The zero-order chi connectivity index (χ0) is 26.1. The summed E-state index contributed by atoms with van der Waals surface area (Å²) in [7, 11) is 0. The quantitative estimate of drug-likeness (QED) is 0.232. The van der Waals surface area contributed by atoms with Gasteiger partial charge in [0, 0.05) is 22.7 Å². The van der Waals surface area contributed by atoms with Crippen molar-refractivity contribution in [1.29, 1.82) is 0 Å². The summed E-state index contributed by atoms with van der Waals surface area (Å²) in [5, 5.41) is 4.15. The van der Waals surface area contributed by atoms with Gasteiger partial charge < -0.3 is 24.5 Å². The van der Waals surface area contributed by atoms with Gasteiger partial charge >= 0.3 is 0 Å². The lowest BCUT2D eigenvalue weighted by atomic mass is 10.2. The highest BCUT2D eigenvalue weighted by Gasteiger charge is 2.19. The van der Waals surface area contributed by atoms with Crippen molar-refractivity contribution in [3.8, 4) is 22.9 Å². The molecule has 1 aliphatic rings. The Bertz CT molecular complexity index is 1710. The van der Waals surface area contributed by atoms with E-state index >= 15 is 0 Å². The third kappa shape index (κ3) is 4.54. The van der Waals surface area contributed by atoms with Crippen LogP contribution >= 0.6 is 11.8 Å². The Morgan fingerprint density at radius 1 is 1.08 bits per heavy atom. The monoisotopic (exact) mass is 528 g/mol. The van der Waals surface area contributed by atoms with Crippen LogP contribution in [0.5, 0.6) is 17.2 Å². The van der Waals surface area contributed by atoms with E-state index in [9.17, 15) is 9.59 Å². The largest absolute Gasteiger partial charge is 0.494 e. The Balaban J connectivity index is 1.33. The molecule has 1 aliphatic heterocycles. The fraction of sp³-hybridized carbons (Fsp3) is 0.179. The number of aromatic nitrogens is 3. The second-order valence-corrected chi connectivity index (χ2v) is 9.49. The maximum atomic E-state index is 13.7. The highest BCUT2D eigenvalue weighted by Crippen LogP contribution is 2.33. The Morgan fingerprint density at radius 3 is 2.68 bits per heavy atom. The van der Waals surface area contributed by atoms with Gasteiger partial charge in [-0.05, 0) is 49.4 Å². The fourth-order valence-corrected chi connectivity index (χ4v) is 5.18. The summed E-state index contributed by atoms with van der Waals surface area (Å²) in [4.78, 5) is 34.7. The molecule has 0 aliphatic carbocycles. The lowest BCUT2D eigenvalue weighted by Gasteiger charge is -2.19. The predicted molar refractivity (Wildman–Crippen MR) is 147 cm³/mol. The molecule has 3 aromatic carbocycles. The number of carbonyl (C=O) groups is 1. The van der Waals surface area contributed by atoms with E-state index in [2.05, 4.69) is 10.3 Å². The first kappa shape index (κ1) is 23.9. The van der Waals surface area contributed by atoms with E-state index in [0.717, 1.165) is 10.9 Å². The number of benzene rings is 3. The summed E-state index contributed by atoms with van der Waals surface area (Å²) < 4.78 is 18.2. The number of ether oxygens (including phenoxy) is 3. The summed E-state index contributed by atoms with van der Waals surface area (Å²) in [6, 6.07) is 20.1. The molecule has 192 valence electrons. The number of thioether (sulfide) groups is 1.